The van der Waals surface area contributed by atoms with Crippen LogP contribution in [0.15, 0.2) is 72.1 Å². The Balaban J connectivity index is 1.47. The summed E-state index contributed by atoms with van der Waals surface area (Å²) in [5.74, 6) is 0.0206. The van der Waals surface area contributed by atoms with E-state index in [2.05, 4.69) is 45.9 Å². The van der Waals surface area contributed by atoms with Gasteiger partial charge in [-0.2, -0.15) is 0 Å². The van der Waals surface area contributed by atoms with Gasteiger partial charge >= 0.3 is 0 Å². The third kappa shape index (κ3) is 4.51. The van der Waals surface area contributed by atoms with Crippen LogP contribution in [0.25, 0.3) is 0 Å². The van der Waals surface area contributed by atoms with E-state index in [0.29, 0.717) is 6.54 Å². The average Bonchev–Trinajstić information content (AvgIpc) is 3.44. The molecule has 1 atom stereocenters. The number of carbonyl (C=O) groups excluding carboxylic acids is 1. The lowest BCUT2D eigenvalue weighted by Gasteiger charge is -2.27. The summed E-state index contributed by atoms with van der Waals surface area (Å²) < 4.78 is 0. The molecule has 0 bridgehead atoms. The number of hydrogen-bond donors (Lipinski definition) is 1. The van der Waals surface area contributed by atoms with E-state index in [1.54, 1.807) is 11.3 Å². The van der Waals surface area contributed by atoms with Crippen LogP contribution >= 0.6 is 11.3 Å². The molecule has 2 heterocycles. The van der Waals surface area contributed by atoms with Gasteiger partial charge in [-0.3, -0.25) is 9.69 Å². The second-order valence-electron chi connectivity index (χ2n) is 7.30. The fourth-order valence-electron chi connectivity index (χ4n) is 3.94. The van der Waals surface area contributed by atoms with Crippen molar-refractivity contribution in [1.29, 1.82) is 0 Å². The van der Waals surface area contributed by atoms with Crippen molar-refractivity contribution in [3.05, 3.63) is 93.7 Å². The van der Waals surface area contributed by atoms with Crippen molar-refractivity contribution < 1.29 is 4.79 Å². The van der Waals surface area contributed by atoms with Gasteiger partial charge in [-0.15, -0.1) is 11.3 Å². The summed E-state index contributed by atoms with van der Waals surface area (Å²) in [7, 11) is 0. The van der Waals surface area contributed by atoms with Gasteiger partial charge in [0.05, 0.1) is 6.04 Å². The molecule has 0 radical (unpaired) electrons. The van der Waals surface area contributed by atoms with Crippen LogP contribution in [0.5, 0.6) is 0 Å². The van der Waals surface area contributed by atoms with E-state index in [4.69, 9.17) is 0 Å². The number of likely N-dealkylation sites (tertiary alicyclic amines) is 1. The zero-order valence-electron chi connectivity index (χ0n) is 16.0. The summed E-state index contributed by atoms with van der Waals surface area (Å²) in [6.07, 6.45) is 3.26. The summed E-state index contributed by atoms with van der Waals surface area (Å²) in [4.78, 5) is 16.9. The Hall–Kier alpha value is -2.43. The maximum Gasteiger partial charge on any atom is 0.251 e. The van der Waals surface area contributed by atoms with Crippen LogP contribution < -0.4 is 5.32 Å². The second kappa shape index (κ2) is 9.18. The van der Waals surface area contributed by atoms with Crippen LogP contribution in [0.1, 0.15) is 45.2 Å². The van der Waals surface area contributed by atoms with E-state index in [0.717, 1.165) is 30.6 Å². The molecule has 144 valence electrons. The highest BCUT2D eigenvalue weighted by Crippen LogP contribution is 2.28. The molecule has 1 aromatic heterocycles. The Morgan fingerprint density at radius 1 is 0.964 bits per heavy atom. The Bertz CT molecular complexity index is 886. The van der Waals surface area contributed by atoms with Gasteiger partial charge in [0.2, 0.25) is 0 Å². The standard InChI is InChI=1S/C24H26N2OS/c27-24(21-12-5-4-11-20(21)17-19-9-2-1-3-10-19)25-18-22(23-13-8-16-28-23)26-14-6-7-15-26/h1-5,8-13,16,22H,6-7,14-15,17-18H2,(H,25,27). The highest BCUT2D eigenvalue weighted by Gasteiger charge is 2.25. The van der Waals surface area contributed by atoms with Crippen molar-refractivity contribution in [3.8, 4) is 0 Å². The van der Waals surface area contributed by atoms with Crippen LogP contribution in [0.4, 0.5) is 0 Å². The zero-order chi connectivity index (χ0) is 19.2. The third-order valence-corrected chi connectivity index (χ3v) is 6.38. The SMILES string of the molecule is O=C(NCC(c1cccs1)N1CCCC1)c1ccccc1Cc1ccccc1. The van der Waals surface area contributed by atoms with Gasteiger partial charge in [0.25, 0.3) is 5.91 Å². The molecule has 1 aliphatic rings. The topological polar surface area (TPSA) is 32.3 Å². The van der Waals surface area contributed by atoms with Crippen LogP contribution in [-0.4, -0.2) is 30.4 Å². The first-order chi connectivity index (χ1) is 13.8. The number of nitrogens with one attached hydrogen (secondary N) is 1. The molecule has 4 heteroatoms. The van der Waals surface area contributed by atoms with Crippen molar-refractivity contribution >= 4 is 17.2 Å². The Kier molecular flexibility index (Phi) is 6.20. The number of benzene rings is 2. The quantitative estimate of drug-likeness (QED) is 0.622. The predicted molar refractivity (Wildman–Crippen MR) is 116 cm³/mol. The summed E-state index contributed by atoms with van der Waals surface area (Å²) >= 11 is 1.78. The highest BCUT2D eigenvalue weighted by atomic mass is 32.1. The fraction of sp³-hybridized carbons (Fsp3) is 0.292. The fourth-order valence-corrected chi connectivity index (χ4v) is 4.80. The molecule has 2 aromatic carbocycles. The minimum absolute atomic E-state index is 0.0206. The Labute approximate surface area is 171 Å². The van der Waals surface area contributed by atoms with E-state index < -0.39 is 0 Å². The molecule has 3 nitrogen and oxygen atoms in total. The molecular formula is C24H26N2OS. The van der Waals surface area contributed by atoms with Crippen molar-refractivity contribution in [1.82, 2.24) is 10.2 Å². The normalized spacial score (nSPS) is 15.4. The molecule has 1 aliphatic heterocycles. The molecular weight excluding hydrogens is 364 g/mol. The number of nitrogens with zero attached hydrogens (tertiary/aromatic N) is 1. The van der Waals surface area contributed by atoms with Gasteiger partial charge in [-0.05, 0) is 61.0 Å². The molecule has 0 aliphatic carbocycles. The summed E-state index contributed by atoms with van der Waals surface area (Å²) in [6, 6.07) is 22.8. The lowest BCUT2D eigenvalue weighted by Crippen LogP contribution is -2.36. The number of thiophene rings is 1. The maximum atomic E-state index is 13.0. The maximum absolute atomic E-state index is 13.0. The molecule has 1 saturated heterocycles. The molecule has 4 rings (SSSR count). The van der Waals surface area contributed by atoms with Gasteiger partial charge in [0.15, 0.2) is 0 Å². The molecule has 1 fully saturated rings. The first-order valence-corrected chi connectivity index (χ1v) is 10.9. The van der Waals surface area contributed by atoms with E-state index >= 15 is 0 Å². The van der Waals surface area contributed by atoms with Gasteiger partial charge in [-0.1, -0.05) is 54.6 Å². The number of amides is 1. The van der Waals surface area contributed by atoms with E-state index in [9.17, 15) is 4.79 Å². The molecule has 0 saturated carbocycles. The molecule has 1 unspecified atom stereocenters. The molecule has 1 N–H and O–H groups in total. The first-order valence-electron chi connectivity index (χ1n) is 9.99. The predicted octanol–water partition coefficient (Wildman–Crippen LogP) is 4.91. The molecule has 0 spiro atoms. The first kappa shape index (κ1) is 18.9. The van der Waals surface area contributed by atoms with Gasteiger partial charge in [0.1, 0.15) is 0 Å². The van der Waals surface area contributed by atoms with Crippen LogP contribution in [0, 0.1) is 0 Å². The van der Waals surface area contributed by atoms with Crippen LogP contribution in [0.2, 0.25) is 0 Å². The summed E-state index contributed by atoms with van der Waals surface area (Å²) in [5, 5.41) is 5.34. The van der Waals surface area contributed by atoms with Crippen molar-refractivity contribution in [2.75, 3.05) is 19.6 Å². The zero-order valence-corrected chi connectivity index (χ0v) is 16.8. The van der Waals surface area contributed by atoms with Crippen molar-refractivity contribution in [2.45, 2.75) is 25.3 Å². The lowest BCUT2D eigenvalue weighted by molar-refractivity contribution is 0.0937. The average molecular weight is 391 g/mol. The largest absolute Gasteiger partial charge is 0.350 e. The van der Waals surface area contributed by atoms with Crippen LogP contribution in [-0.2, 0) is 6.42 Å². The van der Waals surface area contributed by atoms with Crippen molar-refractivity contribution in [3.63, 3.8) is 0 Å². The number of hydrogen-bond acceptors (Lipinski definition) is 3. The summed E-state index contributed by atoms with van der Waals surface area (Å²) in [6.45, 7) is 2.88. The number of carbonyl (C=O) groups is 1. The second-order valence-corrected chi connectivity index (χ2v) is 8.28. The minimum atomic E-state index is 0.0206. The van der Waals surface area contributed by atoms with E-state index in [1.807, 2.05) is 36.4 Å². The van der Waals surface area contributed by atoms with Crippen molar-refractivity contribution in [2.24, 2.45) is 0 Å². The van der Waals surface area contributed by atoms with Crippen LogP contribution in [0.3, 0.4) is 0 Å². The molecule has 28 heavy (non-hydrogen) atoms. The molecule has 1 amide bonds. The van der Waals surface area contributed by atoms with E-state index in [-0.39, 0.29) is 11.9 Å². The van der Waals surface area contributed by atoms with Gasteiger partial charge < -0.3 is 5.32 Å². The highest BCUT2D eigenvalue weighted by molar-refractivity contribution is 7.10. The summed E-state index contributed by atoms with van der Waals surface area (Å²) in [5.41, 5.74) is 3.06. The third-order valence-electron chi connectivity index (χ3n) is 5.41. The monoisotopic (exact) mass is 390 g/mol. The Morgan fingerprint density at radius 3 is 2.46 bits per heavy atom. The smallest absolute Gasteiger partial charge is 0.251 e. The van der Waals surface area contributed by atoms with Gasteiger partial charge in [0, 0.05) is 17.0 Å². The van der Waals surface area contributed by atoms with E-state index in [1.165, 1.54) is 23.3 Å². The van der Waals surface area contributed by atoms with Gasteiger partial charge in [-0.25, -0.2) is 0 Å². The Morgan fingerprint density at radius 2 is 1.71 bits per heavy atom. The lowest BCUT2D eigenvalue weighted by atomic mass is 9.99. The number of rotatable bonds is 7. The molecule has 3 aromatic rings. The minimum Gasteiger partial charge on any atom is -0.350 e.